The highest BCUT2D eigenvalue weighted by Crippen LogP contribution is 2.06. The van der Waals surface area contributed by atoms with Crippen LogP contribution < -0.4 is 5.73 Å². The number of hydrogen-bond acceptors (Lipinski definition) is 4. The average Bonchev–Trinajstić information content (AvgIpc) is 2.32. The fourth-order valence-electron chi connectivity index (χ4n) is 0.941. The minimum Gasteiger partial charge on any atom is -0.469 e. The first-order valence-corrected chi connectivity index (χ1v) is 4.57. The zero-order chi connectivity index (χ0) is 12.6. The van der Waals surface area contributed by atoms with Crippen molar-refractivity contribution in [1.82, 2.24) is 0 Å². The molecular weight excluding hydrogens is 213 g/mol. The van der Waals surface area contributed by atoms with Gasteiger partial charge >= 0.3 is 5.97 Å². The molecule has 0 fully saturated rings. The van der Waals surface area contributed by atoms with Gasteiger partial charge < -0.3 is 10.5 Å². The number of ketones is 1. The van der Waals surface area contributed by atoms with Crippen molar-refractivity contribution >= 4 is 11.8 Å². The standard InChI is InChI=1S/C10H9FO3.CH5N/c1-14-10(13)6-9(12)7-2-4-8(11)5-3-7;1-2/h2-5H,6H2,1H3;2H2,1H3. The van der Waals surface area contributed by atoms with Crippen LogP contribution in [-0.2, 0) is 9.53 Å². The van der Waals surface area contributed by atoms with E-state index in [1.54, 1.807) is 0 Å². The molecule has 0 saturated carbocycles. The van der Waals surface area contributed by atoms with Gasteiger partial charge in [-0.05, 0) is 31.3 Å². The van der Waals surface area contributed by atoms with E-state index in [2.05, 4.69) is 10.5 Å². The fraction of sp³-hybridized carbons (Fsp3) is 0.273. The van der Waals surface area contributed by atoms with Crippen molar-refractivity contribution < 1.29 is 18.7 Å². The molecule has 0 aliphatic rings. The molecule has 0 bridgehead atoms. The molecule has 0 aliphatic carbocycles. The molecule has 1 aromatic carbocycles. The monoisotopic (exact) mass is 227 g/mol. The number of rotatable bonds is 3. The number of Topliss-reactive ketones (excluding diaryl/α,β-unsaturated/α-hetero) is 1. The molecular formula is C11H14FNO3. The first-order valence-electron chi connectivity index (χ1n) is 4.57. The molecule has 1 aromatic rings. The van der Waals surface area contributed by atoms with Crippen LogP contribution in [0.3, 0.4) is 0 Å². The van der Waals surface area contributed by atoms with Gasteiger partial charge in [0.2, 0.25) is 0 Å². The maximum Gasteiger partial charge on any atom is 0.313 e. The average molecular weight is 227 g/mol. The predicted octanol–water partition coefficient (Wildman–Crippen LogP) is 1.15. The number of esters is 1. The highest BCUT2D eigenvalue weighted by Gasteiger charge is 2.11. The van der Waals surface area contributed by atoms with Crippen LogP contribution >= 0.6 is 0 Å². The Morgan fingerprint density at radius 2 is 1.75 bits per heavy atom. The van der Waals surface area contributed by atoms with Gasteiger partial charge in [-0.25, -0.2) is 4.39 Å². The van der Waals surface area contributed by atoms with E-state index in [0.717, 1.165) is 0 Å². The highest BCUT2D eigenvalue weighted by atomic mass is 19.1. The molecule has 88 valence electrons. The van der Waals surface area contributed by atoms with Crippen molar-refractivity contribution in [2.45, 2.75) is 6.42 Å². The number of methoxy groups -OCH3 is 1. The van der Waals surface area contributed by atoms with E-state index in [-0.39, 0.29) is 12.2 Å². The molecule has 0 unspecified atom stereocenters. The first-order chi connectivity index (χ1) is 7.63. The molecule has 0 aliphatic heterocycles. The Morgan fingerprint density at radius 1 is 1.25 bits per heavy atom. The van der Waals surface area contributed by atoms with E-state index in [0.29, 0.717) is 5.56 Å². The van der Waals surface area contributed by atoms with Crippen LogP contribution in [0.1, 0.15) is 16.8 Å². The minimum absolute atomic E-state index is 0.303. The number of nitrogens with two attached hydrogens (primary N) is 1. The van der Waals surface area contributed by atoms with Gasteiger partial charge in [-0.2, -0.15) is 0 Å². The van der Waals surface area contributed by atoms with Crippen LogP contribution in [0.2, 0.25) is 0 Å². The topological polar surface area (TPSA) is 69.4 Å². The van der Waals surface area contributed by atoms with Crippen molar-refractivity contribution in [3.8, 4) is 0 Å². The van der Waals surface area contributed by atoms with Gasteiger partial charge in [0, 0.05) is 5.56 Å². The van der Waals surface area contributed by atoms with E-state index in [1.165, 1.54) is 38.4 Å². The van der Waals surface area contributed by atoms with E-state index >= 15 is 0 Å². The third kappa shape index (κ3) is 4.65. The number of hydrogen-bond donors (Lipinski definition) is 1. The lowest BCUT2D eigenvalue weighted by Crippen LogP contribution is -2.09. The summed E-state index contributed by atoms with van der Waals surface area (Å²) in [6.07, 6.45) is -0.317. The lowest BCUT2D eigenvalue weighted by Gasteiger charge is -1.99. The molecule has 0 spiro atoms. The molecule has 0 saturated heterocycles. The molecule has 0 radical (unpaired) electrons. The Hall–Kier alpha value is -1.75. The largest absolute Gasteiger partial charge is 0.469 e. The van der Waals surface area contributed by atoms with Gasteiger partial charge in [0.1, 0.15) is 12.2 Å². The van der Waals surface area contributed by atoms with Crippen LogP contribution in [0.25, 0.3) is 0 Å². The van der Waals surface area contributed by atoms with Gasteiger partial charge in [0.25, 0.3) is 0 Å². The molecule has 5 heteroatoms. The fourth-order valence-corrected chi connectivity index (χ4v) is 0.941. The number of carbonyl (C=O) groups excluding carboxylic acids is 2. The van der Waals surface area contributed by atoms with Crippen molar-refractivity contribution in [2.24, 2.45) is 5.73 Å². The Labute approximate surface area is 93.2 Å². The second kappa shape index (κ2) is 7.53. The number of halogens is 1. The Morgan fingerprint density at radius 3 is 2.19 bits per heavy atom. The first kappa shape index (κ1) is 14.2. The molecule has 0 atom stereocenters. The number of carbonyl (C=O) groups is 2. The minimum atomic E-state index is -0.598. The SMILES string of the molecule is CN.COC(=O)CC(=O)c1ccc(F)cc1. The lowest BCUT2D eigenvalue weighted by atomic mass is 10.1. The third-order valence-electron chi connectivity index (χ3n) is 1.70. The highest BCUT2D eigenvalue weighted by molar-refractivity contribution is 6.05. The lowest BCUT2D eigenvalue weighted by molar-refractivity contribution is -0.139. The van der Waals surface area contributed by atoms with Gasteiger partial charge in [-0.1, -0.05) is 0 Å². The Balaban J connectivity index is 0.00000106. The van der Waals surface area contributed by atoms with E-state index in [1.807, 2.05) is 0 Å². The zero-order valence-corrected chi connectivity index (χ0v) is 9.20. The molecule has 0 aromatic heterocycles. The molecule has 2 N–H and O–H groups in total. The second-order valence-electron chi connectivity index (χ2n) is 2.68. The van der Waals surface area contributed by atoms with Crippen molar-refractivity contribution in [1.29, 1.82) is 0 Å². The molecule has 0 heterocycles. The van der Waals surface area contributed by atoms with Crippen LogP contribution in [-0.4, -0.2) is 25.9 Å². The number of benzene rings is 1. The van der Waals surface area contributed by atoms with E-state index in [4.69, 9.17) is 0 Å². The summed E-state index contributed by atoms with van der Waals surface area (Å²) in [5, 5.41) is 0. The second-order valence-corrected chi connectivity index (χ2v) is 2.68. The molecule has 16 heavy (non-hydrogen) atoms. The predicted molar refractivity (Wildman–Crippen MR) is 57.5 cm³/mol. The van der Waals surface area contributed by atoms with Gasteiger partial charge in [0.15, 0.2) is 5.78 Å². The van der Waals surface area contributed by atoms with E-state index < -0.39 is 11.8 Å². The Bertz CT molecular complexity index is 349. The van der Waals surface area contributed by atoms with Crippen LogP contribution in [0.4, 0.5) is 4.39 Å². The van der Waals surface area contributed by atoms with Crippen LogP contribution in [0.15, 0.2) is 24.3 Å². The summed E-state index contributed by atoms with van der Waals surface area (Å²) in [4.78, 5) is 22.0. The normalized spacial score (nSPS) is 8.75. The Kier molecular flexibility index (Phi) is 6.71. The number of ether oxygens (including phenoxy) is 1. The van der Waals surface area contributed by atoms with Crippen LogP contribution in [0, 0.1) is 5.82 Å². The smallest absolute Gasteiger partial charge is 0.313 e. The summed E-state index contributed by atoms with van der Waals surface area (Å²) in [6, 6.07) is 5.01. The summed E-state index contributed by atoms with van der Waals surface area (Å²) in [6.45, 7) is 0. The maximum atomic E-state index is 12.5. The molecule has 4 nitrogen and oxygen atoms in total. The van der Waals surface area contributed by atoms with E-state index in [9.17, 15) is 14.0 Å². The molecule has 1 rings (SSSR count). The zero-order valence-electron chi connectivity index (χ0n) is 9.20. The summed E-state index contributed by atoms with van der Waals surface area (Å²) >= 11 is 0. The molecule has 0 amide bonds. The summed E-state index contributed by atoms with van der Waals surface area (Å²) in [5.41, 5.74) is 4.80. The van der Waals surface area contributed by atoms with Gasteiger partial charge in [-0.15, -0.1) is 0 Å². The summed E-state index contributed by atoms with van der Waals surface area (Å²) in [5.74, 6) is -1.39. The summed E-state index contributed by atoms with van der Waals surface area (Å²) < 4.78 is 16.8. The third-order valence-corrected chi connectivity index (χ3v) is 1.70. The van der Waals surface area contributed by atoms with Gasteiger partial charge in [-0.3, -0.25) is 9.59 Å². The van der Waals surface area contributed by atoms with Crippen LogP contribution in [0.5, 0.6) is 0 Å². The van der Waals surface area contributed by atoms with Crippen molar-refractivity contribution in [3.05, 3.63) is 35.6 Å². The summed E-state index contributed by atoms with van der Waals surface area (Å²) in [7, 11) is 2.71. The van der Waals surface area contributed by atoms with Crippen molar-refractivity contribution in [3.63, 3.8) is 0 Å². The quantitative estimate of drug-likeness (QED) is 0.477. The van der Waals surface area contributed by atoms with Gasteiger partial charge in [0.05, 0.1) is 7.11 Å². The maximum absolute atomic E-state index is 12.5. The van der Waals surface area contributed by atoms with Crippen molar-refractivity contribution in [2.75, 3.05) is 14.2 Å².